The Balaban J connectivity index is 2.95. The molecule has 0 aliphatic heterocycles. The third-order valence-electron chi connectivity index (χ3n) is 2.34. The molecular weight excluding hydrogens is 266 g/mol. The number of nitrogens with zero attached hydrogens (tertiary/aromatic N) is 3. The topological polar surface area (TPSA) is 29.0 Å². The molecule has 1 aromatic heterocycles. The van der Waals surface area contributed by atoms with Gasteiger partial charge in [-0.3, -0.25) is 0 Å². The molecule has 0 aliphatic carbocycles. The number of rotatable bonds is 5. The third kappa shape index (κ3) is 3.74. The van der Waals surface area contributed by atoms with E-state index in [1.165, 1.54) is 0 Å². The molecule has 0 bridgehead atoms. The van der Waals surface area contributed by atoms with E-state index >= 15 is 0 Å². The lowest BCUT2D eigenvalue weighted by molar-refractivity contribution is 0.612. The Morgan fingerprint density at radius 2 is 2.00 bits per heavy atom. The average Bonchev–Trinajstić information content (AvgIpc) is 2.24. The minimum absolute atomic E-state index is 0.638. The van der Waals surface area contributed by atoms with Crippen LogP contribution in [0.15, 0.2) is 10.7 Å². The number of aromatic nitrogens is 2. The summed E-state index contributed by atoms with van der Waals surface area (Å²) in [6.07, 6.45) is 0.867. The van der Waals surface area contributed by atoms with Gasteiger partial charge in [0.05, 0.1) is 0 Å². The van der Waals surface area contributed by atoms with Gasteiger partial charge < -0.3 is 4.90 Å². The first-order valence-corrected chi connectivity index (χ1v) is 6.64. The molecule has 0 unspecified atom stereocenters. The van der Waals surface area contributed by atoms with E-state index in [0.29, 0.717) is 5.92 Å². The molecular formula is C12H20BrN3. The zero-order valence-electron chi connectivity index (χ0n) is 10.5. The van der Waals surface area contributed by atoms with Gasteiger partial charge in [-0.2, -0.15) is 0 Å². The fraction of sp³-hybridized carbons (Fsp3) is 0.667. The van der Waals surface area contributed by atoms with E-state index in [4.69, 9.17) is 0 Å². The van der Waals surface area contributed by atoms with E-state index in [0.717, 1.165) is 35.8 Å². The zero-order valence-corrected chi connectivity index (χ0v) is 12.1. The summed E-state index contributed by atoms with van der Waals surface area (Å²) < 4.78 is 0.872. The second-order valence-electron chi connectivity index (χ2n) is 4.25. The highest BCUT2D eigenvalue weighted by atomic mass is 79.9. The summed E-state index contributed by atoms with van der Waals surface area (Å²) >= 11 is 3.44. The second kappa shape index (κ2) is 6.18. The van der Waals surface area contributed by atoms with Crippen LogP contribution in [0.4, 0.5) is 5.82 Å². The van der Waals surface area contributed by atoms with Gasteiger partial charge in [0.1, 0.15) is 16.2 Å². The van der Waals surface area contributed by atoms with Crippen molar-refractivity contribution in [3.8, 4) is 0 Å². The van der Waals surface area contributed by atoms with Gasteiger partial charge in [0.25, 0.3) is 0 Å². The Kier molecular flexibility index (Phi) is 5.19. The Morgan fingerprint density at radius 3 is 2.50 bits per heavy atom. The summed E-state index contributed by atoms with van der Waals surface area (Å²) in [4.78, 5) is 11.2. The van der Waals surface area contributed by atoms with E-state index in [1.807, 2.05) is 6.07 Å². The maximum atomic E-state index is 4.56. The second-order valence-corrected chi connectivity index (χ2v) is 5.06. The van der Waals surface area contributed by atoms with Crippen molar-refractivity contribution in [1.29, 1.82) is 0 Å². The SMILES string of the molecule is CCc1nc(Br)cc(N(CC)CC(C)C)n1. The summed E-state index contributed by atoms with van der Waals surface area (Å²) in [7, 11) is 0. The van der Waals surface area contributed by atoms with Crippen LogP contribution in [0.25, 0.3) is 0 Å². The Morgan fingerprint density at radius 1 is 1.31 bits per heavy atom. The highest BCUT2D eigenvalue weighted by molar-refractivity contribution is 9.10. The van der Waals surface area contributed by atoms with Crippen molar-refractivity contribution in [2.45, 2.75) is 34.1 Å². The van der Waals surface area contributed by atoms with Crippen LogP contribution >= 0.6 is 15.9 Å². The highest BCUT2D eigenvalue weighted by Crippen LogP contribution is 2.17. The van der Waals surface area contributed by atoms with Crippen LogP contribution in [-0.4, -0.2) is 23.1 Å². The van der Waals surface area contributed by atoms with Gasteiger partial charge in [0, 0.05) is 25.6 Å². The summed E-state index contributed by atoms with van der Waals surface area (Å²) in [6.45, 7) is 10.7. The van der Waals surface area contributed by atoms with Crippen LogP contribution in [0.5, 0.6) is 0 Å². The minimum atomic E-state index is 0.638. The Hall–Kier alpha value is -0.640. The van der Waals surface area contributed by atoms with Crippen molar-refractivity contribution in [2.24, 2.45) is 5.92 Å². The summed E-state index contributed by atoms with van der Waals surface area (Å²) in [5.74, 6) is 2.56. The van der Waals surface area contributed by atoms with E-state index in [-0.39, 0.29) is 0 Å². The van der Waals surface area contributed by atoms with Crippen LogP contribution in [-0.2, 0) is 6.42 Å². The zero-order chi connectivity index (χ0) is 12.1. The normalized spacial score (nSPS) is 10.9. The van der Waals surface area contributed by atoms with Crippen molar-refractivity contribution in [3.63, 3.8) is 0 Å². The molecule has 4 heteroatoms. The number of hydrogen-bond donors (Lipinski definition) is 0. The predicted molar refractivity (Wildman–Crippen MR) is 71.8 cm³/mol. The van der Waals surface area contributed by atoms with Gasteiger partial charge in [-0.05, 0) is 28.8 Å². The van der Waals surface area contributed by atoms with Crippen molar-refractivity contribution >= 4 is 21.7 Å². The maximum absolute atomic E-state index is 4.56. The standard InChI is InChI=1S/C12H20BrN3/c1-5-11-14-10(13)7-12(15-11)16(6-2)8-9(3)4/h7,9H,5-6,8H2,1-4H3. The van der Waals surface area contributed by atoms with Gasteiger partial charge in [-0.25, -0.2) is 9.97 Å². The van der Waals surface area contributed by atoms with Crippen LogP contribution in [0.3, 0.4) is 0 Å². The van der Waals surface area contributed by atoms with Crippen LogP contribution < -0.4 is 4.90 Å². The van der Waals surface area contributed by atoms with Crippen LogP contribution in [0.1, 0.15) is 33.5 Å². The lowest BCUT2D eigenvalue weighted by Gasteiger charge is -2.24. The van der Waals surface area contributed by atoms with Gasteiger partial charge in [0.2, 0.25) is 0 Å². The molecule has 1 heterocycles. The summed E-state index contributed by atoms with van der Waals surface area (Å²) in [5.41, 5.74) is 0. The molecule has 0 saturated heterocycles. The molecule has 0 amide bonds. The average molecular weight is 286 g/mol. The minimum Gasteiger partial charge on any atom is -0.356 e. The van der Waals surface area contributed by atoms with Crippen LogP contribution in [0, 0.1) is 5.92 Å². The van der Waals surface area contributed by atoms with E-state index in [2.05, 4.69) is 58.5 Å². The molecule has 0 aromatic carbocycles. The first-order valence-electron chi connectivity index (χ1n) is 5.85. The molecule has 1 rings (SSSR count). The first-order chi connectivity index (χ1) is 7.56. The smallest absolute Gasteiger partial charge is 0.133 e. The molecule has 0 N–H and O–H groups in total. The molecule has 0 aliphatic rings. The number of anilines is 1. The molecule has 0 atom stereocenters. The Bertz CT molecular complexity index is 339. The lowest BCUT2D eigenvalue weighted by Crippen LogP contribution is -2.28. The molecule has 90 valence electrons. The largest absolute Gasteiger partial charge is 0.356 e. The van der Waals surface area contributed by atoms with Gasteiger partial charge >= 0.3 is 0 Å². The highest BCUT2D eigenvalue weighted by Gasteiger charge is 2.10. The molecule has 16 heavy (non-hydrogen) atoms. The van der Waals surface area contributed by atoms with E-state index in [1.54, 1.807) is 0 Å². The number of hydrogen-bond acceptors (Lipinski definition) is 3. The first kappa shape index (κ1) is 13.4. The molecule has 1 aromatic rings. The molecule has 0 saturated carbocycles. The van der Waals surface area contributed by atoms with Crippen molar-refractivity contribution in [2.75, 3.05) is 18.0 Å². The molecule has 0 fully saturated rings. The van der Waals surface area contributed by atoms with Crippen molar-refractivity contribution in [1.82, 2.24) is 9.97 Å². The van der Waals surface area contributed by atoms with Gasteiger partial charge in [0.15, 0.2) is 0 Å². The fourth-order valence-electron chi connectivity index (χ4n) is 1.60. The molecule has 3 nitrogen and oxygen atoms in total. The number of halogens is 1. The van der Waals surface area contributed by atoms with Gasteiger partial charge in [-0.1, -0.05) is 20.8 Å². The van der Waals surface area contributed by atoms with E-state index in [9.17, 15) is 0 Å². The fourth-order valence-corrected chi connectivity index (χ4v) is 2.01. The lowest BCUT2D eigenvalue weighted by atomic mass is 10.2. The van der Waals surface area contributed by atoms with Gasteiger partial charge in [-0.15, -0.1) is 0 Å². The van der Waals surface area contributed by atoms with Crippen LogP contribution in [0.2, 0.25) is 0 Å². The molecule has 0 radical (unpaired) electrons. The monoisotopic (exact) mass is 285 g/mol. The summed E-state index contributed by atoms with van der Waals surface area (Å²) in [5, 5.41) is 0. The quantitative estimate of drug-likeness (QED) is 0.778. The third-order valence-corrected chi connectivity index (χ3v) is 2.74. The maximum Gasteiger partial charge on any atom is 0.133 e. The number of aryl methyl sites for hydroxylation is 1. The van der Waals surface area contributed by atoms with Crippen molar-refractivity contribution < 1.29 is 0 Å². The summed E-state index contributed by atoms with van der Waals surface area (Å²) in [6, 6.07) is 1.99. The predicted octanol–water partition coefficient (Wildman–Crippen LogP) is 3.28. The van der Waals surface area contributed by atoms with E-state index < -0.39 is 0 Å². The molecule has 0 spiro atoms. The van der Waals surface area contributed by atoms with Crippen molar-refractivity contribution in [3.05, 3.63) is 16.5 Å². The Labute approximate surface area is 106 Å².